The van der Waals surface area contributed by atoms with Crippen molar-refractivity contribution >= 4 is 23.6 Å². The van der Waals surface area contributed by atoms with Crippen LogP contribution in [0.4, 0.5) is 0 Å². The molecule has 0 spiro atoms. The topological polar surface area (TPSA) is 69.6 Å². The summed E-state index contributed by atoms with van der Waals surface area (Å²) >= 11 is 1.57. The maximum absolute atomic E-state index is 12.2. The van der Waals surface area contributed by atoms with Gasteiger partial charge in [-0.1, -0.05) is 13.8 Å². The smallest absolute Gasteiger partial charge is 0.327 e. The summed E-state index contributed by atoms with van der Waals surface area (Å²) in [5.74, 6) is -0.222. The third-order valence-corrected chi connectivity index (χ3v) is 4.92. The second kappa shape index (κ2) is 5.48. The first-order chi connectivity index (χ1) is 8.50. The van der Waals surface area contributed by atoms with E-state index in [-0.39, 0.29) is 23.7 Å². The molecule has 1 heterocycles. The first-order valence-corrected chi connectivity index (χ1v) is 7.44. The molecule has 2 aliphatic rings. The number of nitrogens with one attached hydrogen (secondary N) is 1. The van der Waals surface area contributed by atoms with E-state index in [1.807, 2.05) is 13.8 Å². The Morgan fingerprint density at radius 1 is 1.44 bits per heavy atom. The zero-order valence-electron chi connectivity index (χ0n) is 10.8. The molecule has 1 saturated heterocycles. The Balaban J connectivity index is 2.01. The van der Waals surface area contributed by atoms with E-state index in [0.717, 1.165) is 12.8 Å². The minimum absolute atomic E-state index is 0.0143. The van der Waals surface area contributed by atoms with Crippen LogP contribution in [0.25, 0.3) is 0 Å². The largest absolute Gasteiger partial charge is 0.480 e. The standard InChI is InChI=1S/C12H20N2O3S/c1-7(2)11-14(9(6-18-11)12(16)17)10(15)5-13-8-3-4-8/h7-9,11,13H,3-6H2,1-2H3,(H,16,17). The molecule has 2 N–H and O–H groups in total. The number of carbonyl (C=O) groups excluding carboxylic acids is 1. The fourth-order valence-corrected chi connectivity index (χ4v) is 3.65. The molecule has 2 atom stereocenters. The molecule has 5 nitrogen and oxygen atoms in total. The number of hydrogen-bond acceptors (Lipinski definition) is 4. The van der Waals surface area contributed by atoms with Gasteiger partial charge in [0.05, 0.1) is 11.9 Å². The fourth-order valence-electron chi connectivity index (χ4n) is 2.16. The van der Waals surface area contributed by atoms with Gasteiger partial charge in [0.2, 0.25) is 5.91 Å². The quantitative estimate of drug-likeness (QED) is 0.773. The van der Waals surface area contributed by atoms with Crippen LogP contribution in [0.3, 0.4) is 0 Å². The zero-order valence-corrected chi connectivity index (χ0v) is 11.6. The third kappa shape index (κ3) is 2.98. The molecule has 1 aliphatic carbocycles. The molecule has 0 aromatic rings. The predicted octanol–water partition coefficient (Wildman–Crippen LogP) is 0.749. The Kier molecular flexibility index (Phi) is 4.17. The highest BCUT2D eigenvalue weighted by atomic mass is 32.2. The molecule has 6 heteroatoms. The van der Waals surface area contributed by atoms with Crippen molar-refractivity contribution in [3.05, 3.63) is 0 Å². The normalized spacial score (nSPS) is 27.8. The first-order valence-electron chi connectivity index (χ1n) is 6.39. The van der Waals surface area contributed by atoms with Gasteiger partial charge >= 0.3 is 5.97 Å². The predicted molar refractivity (Wildman–Crippen MR) is 70.4 cm³/mol. The number of thioether (sulfide) groups is 1. The first kappa shape index (κ1) is 13.7. The summed E-state index contributed by atoms with van der Waals surface area (Å²) in [7, 11) is 0. The van der Waals surface area contributed by atoms with Crippen LogP contribution in [-0.4, -0.2) is 51.6 Å². The van der Waals surface area contributed by atoms with Crippen LogP contribution in [0.15, 0.2) is 0 Å². The Hall–Kier alpha value is -0.750. The second-order valence-electron chi connectivity index (χ2n) is 5.28. The lowest BCUT2D eigenvalue weighted by Crippen LogP contribution is -2.50. The van der Waals surface area contributed by atoms with E-state index >= 15 is 0 Å². The van der Waals surface area contributed by atoms with Crippen LogP contribution in [0.5, 0.6) is 0 Å². The van der Waals surface area contributed by atoms with Gasteiger partial charge < -0.3 is 15.3 Å². The highest BCUT2D eigenvalue weighted by Crippen LogP contribution is 2.34. The molecule has 1 amide bonds. The van der Waals surface area contributed by atoms with Crippen LogP contribution in [-0.2, 0) is 9.59 Å². The molecule has 0 radical (unpaired) electrons. The Morgan fingerprint density at radius 2 is 2.11 bits per heavy atom. The zero-order chi connectivity index (χ0) is 13.3. The number of hydrogen-bond donors (Lipinski definition) is 2. The number of aliphatic carboxylic acids is 1. The van der Waals surface area contributed by atoms with Gasteiger partial charge in [-0.2, -0.15) is 0 Å². The summed E-state index contributed by atoms with van der Waals surface area (Å²) < 4.78 is 0. The molecule has 102 valence electrons. The second-order valence-corrected chi connectivity index (χ2v) is 6.43. The van der Waals surface area contributed by atoms with Gasteiger partial charge in [0, 0.05) is 11.8 Å². The van der Waals surface area contributed by atoms with Crippen molar-refractivity contribution in [3.63, 3.8) is 0 Å². The van der Waals surface area contributed by atoms with Crippen molar-refractivity contribution in [3.8, 4) is 0 Å². The van der Waals surface area contributed by atoms with E-state index in [1.54, 1.807) is 16.7 Å². The average molecular weight is 272 g/mol. The molecule has 2 rings (SSSR count). The highest BCUT2D eigenvalue weighted by molar-refractivity contribution is 8.00. The molecule has 1 aliphatic heterocycles. The van der Waals surface area contributed by atoms with E-state index in [0.29, 0.717) is 11.8 Å². The number of nitrogens with zero attached hydrogens (tertiary/aromatic N) is 1. The third-order valence-electron chi connectivity index (χ3n) is 3.30. The monoisotopic (exact) mass is 272 g/mol. The SMILES string of the molecule is CC(C)C1SCC(C(=O)O)N1C(=O)CNC1CC1. The molecular weight excluding hydrogens is 252 g/mol. The van der Waals surface area contributed by atoms with Crippen molar-refractivity contribution in [2.24, 2.45) is 5.92 Å². The van der Waals surface area contributed by atoms with E-state index < -0.39 is 12.0 Å². The van der Waals surface area contributed by atoms with Gasteiger partial charge in [0.1, 0.15) is 6.04 Å². The van der Waals surface area contributed by atoms with E-state index in [4.69, 9.17) is 0 Å². The molecule has 1 saturated carbocycles. The van der Waals surface area contributed by atoms with Gasteiger partial charge in [-0.05, 0) is 18.8 Å². The van der Waals surface area contributed by atoms with E-state index in [2.05, 4.69) is 5.32 Å². The van der Waals surface area contributed by atoms with E-state index in [9.17, 15) is 14.7 Å². The lowest BCUT2D eigenvalue weighted by molar-refractivity contribution is -0.149. The summed E-state index contributed by atoms with van der Waals surface area (Å²) in [6, 6.07) is -0.208. The maximum atomic E-state index is 12.2. The van der Waals surface area contributed by atoms with Crippen molar-refractivity contribution in [2.45, 2.75) is 44.1 Å². The number of carboxylic acids is 1. The Morgan fingerprint density at radius 3 is 2.61 bits per heavy atom. The number of amides is 1. The summed E-state index contributed by atoms with van der Waals surface area (Å²) in [5, 5.41) is 12.3. The van der Waals surface area contributed by atoms with Crippen molar-refractivity contribution in [2.75, 3.05) is 12.3 Å². The molecule has 2 unspecified atom stereocenters. The molecule has 0 aromatic carbocycles. The molecule has 0 aromatic heterocycles. The molecular formula is C12H20N2O3S. The van der Waals surface area contributed by atoms with Gasteiger partial charge in [-0.15, -0.1) is 11.8 Å². The van der Waals surface area contributed by atoms with Crippen LogP contribution >= 0.6 is 11.8 Å². The summed E-state index contributed by atoms with van der Waals surface area (Å²) in [6.45, 7) is 4.31. The van der Waals surface area contributed by atoms with Gasteiger partial charge in [0.15, 0.2) is 0 Å². The van der Waals surface area contributed by atoms with Crippen LogP contribution in [0, 0.1) is 5.92 Å². The number of rotatable bonds is 5. The lowest BCUT2D eigenvalue weighted by Gasteiger charge is -2.29. The number of carbonyl (C=O) groups is 2. The van der Waals surface area contributed by atoms with Crippen molar-refractivity contribution in [1.82, 2.24) is 10.2 Å². The maximum Gasteiger partial charge on any atom is 0.327 e. The van der Waals surface area contributed by atoms with Gasteiger partial charge in [-0.25, -0.2) is 4.79 Å². The Labute approximate surface area is 111 Å². The highest BCUT2D eigenvalue weighted by Gasteiger charge is 2.42. The molecule has 18 heavy (non-hydrogen) atoms. The van der Waals surface area contributed by atoms with Crippen LogP contribution in [0.2, 0.25) is 0 Å². The van der Waals surface area contributed by atoms with Crippen molar-refractivity contribution < 1.29 is 14.7 Å². The fraction of sp³-hybridized carbons (Fsp3) is 0.833. The van der Waals surface area contributed by atoms with Gasteiger partial charge in [0.25, 0.3) is 0 Å². The summed E-state index contributed by atoms with van der Waals surface area (Å²) in [5.41, 5.74) is 0. The van der Waals surface area contributed by atoms with Crippen molar-refractivity contribution in [1.29, 1.82) is 0 Å². The van der Waals surface area contributed by atoms with Crippen LogP contribution < -0.4 is 5.32 Å². The Bertz CT molecular complexity index is 344. The minimum Gasteiger partial charge on any atom is -0.480 e. The molecule has 0 bridgehead atoms. The lowest BCUT2D eigenvalue weighted by atomic mass is 10.1. The summed E-state index contributed by atoms with van der Waals surface area (Å²) in [6.07, 6.45) is 2.25. The minimum atomic E-state index is -0.898. The molecule has 2 fully saturated rings. The van der Waals surface area contributed by atoms with Crippen LogP contribution in [0.1, 0.15) is 26.7 Å². The van der Waals surface area contributed by atoms with Gasteiger partial charge in [-0.3, -0.25) is 4.79 Å². The summed E-state index contributed by atoms with van der Waals surface area (Å²) in [4.78, 5) is 25.0. The number of carboxylic acid groups (broad SMARTS) is 1. The van der Waals surface area contributed by atoms with E-state index in [1.165, 1.54) is 0 Å². The average Bonchev–Trinajstić information content (AvgIpc) is 3.00.